The number of nitrogens with zero attached hydrogens (tertiary/aromatic N) is 3. The van der Waals surface area contributed by atoms with Crippen LogP contribution in [0.25, 0.3) is 11.2 Å². The fourth-order valence-electron chi connectivity index (χ4n) is 2.23. The van der Waals surface area contributed by atoms with E-state index in [2.05, 4.69) is 26.0 Å². The van der Waals surface area contributed by atoms with Crippen LogP contribution in [0.15, 0.2) is 34.5 Å². The lowest BCUT2D eigenvalue weighted by Crippen LogP contribution is -2.15. The van der Waals surface area contributed by atoms with Gasteiger partial charge in [0.25, 0.3) is 0 Å². The summed E-state index contributed by atoms with van der Waals surface area (Å²) in [6, 6.07) is 1.55. The number of hydrogen-bond donors (Lipinski definition) is 0. The first-order valence-corrected chi connectivity index (χ1v) is 7.23. The molecular weight excluding hydrogens is 371 g/mol. The molecule has 0 unspecified atom stereocenters. The number of rotatable bonds is 1. The summed E-state index contributed by atoms with van der Waals surface area (Å²) in [6.07, 6.45) is 0.736. The Balaban J connectivity index is 2.14. The van der Waals surface area contributed by atoms with Crippen LogP contribution in [0.2, 0.25) is 5.15 Å². The highest BCUT2D eigenvalue weighted by Gasteiger charge is 2.37. The van der Waals surface area contributed by atoms with Crippen molar-refractivity contribution in [1.29, 1.82) is 0 Å². The molecular formula is C13H8BrClF3N3. The Kier molecular flexibility index (Phi) is 3.57. The third-order valence-electron chi connectivity index (χ3n) is 3.09. The molecule has 110 valence electrons. The smallest absolute Gasteiger partial charge is 0.226 e. The monoisotopic (exact) mass is 377 g/mol. The molecule has 2 aromatic rings. The summed E-state index contributed by atoms with van der Waals surface area (Å²) in [4.78, 5) is 4.23. The van der Waals surface area contributed by atoms with Crippen LogP contribution >= 0.6 is 27.5 Å². The minimum absolute atomic E-state index is 0.0854. The fourth-order valence-corrected chi connectivity index (χ4v) is 3.04. The van der Waals surface area contributed by atoms with Gasteiger partial charge in [-0.25, -0.2) is 9.50 Å². The molecule has 0 bridgehead atoms. The van der Waals surface area contributed by atoms with E-state index in [1.165, 1.54) is 16.8 Å². The number of allylic oxidation sites excluding steroid dienone is 4. The molecule has 2 heterocycles. The van der Waals surface area contributed by atoms with E-state index in [1.54, 1.807) is 12.1 Å². The van der Waals surface area contributed by atoms with E-state index in [1.807, 2.05) is 0 Å². The summed E-state index contributed by atoms with van der Waals surface area (Å²) in [7, 11) is 0. The molecule has 0 saturated carbocycles. The number of imidazole rings is 1. The molecule has 0 N–H and O–H groups in total. The van der Waals surface area contributed by atoms with Crippen LogP contribution in [0.3, 0.4) is 0 Å². The summed E-state index contributed by atoms with van der Waals surface area (Å²) in [5, 5.41) is 4.23. The average molecular weight is 379 g/mol. The van der Waals surface area contributed by atoms with E-state index >= 15 is 0 Å². The van der Waals surface area contributed by atoms with E-state index in [9.17, 15) is 13.2 Å². The molecule has 0 aliphatic heterocycles. The quantitative estimate of drug-likeness (QED) is 0.713. The molecule has 1 aliphatic rings. The Morgan fingerprint density at radius 2 is 1.95 bits per heavy atom. The van der Waals surface area contributed by atoms with Crippen molar-refractivity contribution in [2.75, 3.05) is 0 Å². The first kappa shape index (κ1) is 14.6. The highest BCUT2D eigenvalue weighted by molar-refractivity contribution is 9.10. The fraction of sp³-hybridized carbons (Fsp3) is 0.231. The second-order valence-electron chi connectivity index (χ2n) is 4.52. The van der Waals surface area contributed by atoms with Gasteiger partial charge in [0.1, 0.15) is 0 Å². The molecule has 0 saturated heterocycles. The third kappa shape index (κ3) is 2.72. The lowest BCUT2D eigenvalue weighted by Gasteiger charge is -2.17. The van der Waals surface area contributed by atoms with Crippen LogP contribution in [-0.4, -0.2) is 20.8 Å². The van der Waals surface area contributed by atoms with Crippen LogP contribution in [0.5, 0.6) is 0 Å². The molecule has 0 radical (unpaired) electrons. The normalized spacial score (nSPS) is 16.0. The predicted molar refractivity (Wildman–Crippen MR) is 77.0 cm³/mol. The van der Waals surface area contributed by atoms with Crippen LogP contribution in [-0.2, 0) is 0 Å². The van der Waals surface area contributed by atoms with Gasteiger partial charge in [-0.2, -0.15) is 18.3 Å². The van der Waals surface area contributed by atoms with Crippen molar-refractivity contribution in [1.82, 2.24) is 14.6 Å². The van der Waals surface area contributed by atoms with Crippen LogP contribution in [0.4, 0.5) is 13.2 Å². The van der Waals surface area contributed by atoms with Gasteiger partial charge in [0.05, 0.1) is 21.9 Å². The lowest BCUT2D eigenvalue weighted by atomic mass is 9.95. The van der Waals surface area contributed by atoms with Gasteiger partial charge >= 0.3 is 6.18 Å². The summed E-state index contributed by atoms with van der Waals surface area (Å²) < 4.78 is 41.2. The van der Waals surface area contributed by atoms with Crippen LogP contribution in [0.1, 0.15) is 18.5 Å². The first-order valence-electron chi connectivity index (χ1n) is 6.06. The Hall–Kier alpha value is -1.34. The molecule has 0 spiro atoms. The highest BCUT2D eigenvalue weighted by atomic mass is 79.9. The van der Waals surface area contributed by atoms with E-state index in [0.717, 1.165) is 0 Å². The van der Waals surface area contributed by atoms with E-state index in [4.69, 9.17) is 11.6 Å². The standard InChI is InChI=1S/C13H8BrClF3N3/c14-9-5-11(15)20-21-6-10(19-12(9)21)7-3-1-2-4-8(7)13(16,17)18/h3-6H,1-2H2. The topological polar surface area (TPSA) is 30.2 Å². The van der Waals surface area contributed by atoms with E-state index < -0.39 is 11.7 Å². The largest absolute Gasteiger partial charge is 0.416 e. The molecule has 3 nitrogen and oxygen atoms in total. The van der Waals surface area contributed by atoms with Crippen molar-refractivity contribution in [2.45, 2.75) is 19.0 Å². The number of alkyl halides is 3. The van der Waals surface area contributed by atoms with Crippen LogP contribution in [0, 0.1) is 0 Å². The molecule has 0 fully saturated rings. The van der Waals surface area contributed by atoms with E-state index in [-0.39, 0.29) is 16.4 Å². The zero-order chi connectivity index (χ0) is 15.2. The summed E-state index contributed by atoms with van der Waals surface area (Å²) in [5.74, 6) is 0. The Morgan fingerprint density at radius 1 is 1.24 bits per heavy atom. The first-order chi connectivity index (χ1) is 9.86. The van der Waals surface area contributed by atoms with Gasteiger partial charge in [-0.05, 0) is 34.8 Å². The summed E-state index contributed by atoms with van der Waals surface area (Å²) in [5.41, 5.74) is 0.0813. The zero-order valence-corrected chi connectivity index (χ0v) is 12.8. The Bertz CT molecular complexity index is 777. The number of hydrogen-bond acceptors (Lipinski definition) is 2. The predicted octanol–water partition coefficient (Wildman–Crippen LogP) is 4.81. The maximum atomic E-state index is 13.1. The van der Waals surface area contributed by atoms with Gasteiger partial charge in [-0.3, -0.25) is 0 Å². The Morgan fingerprint density at radius 3 is 2.67 bits per heavy atom. The number of halogens is 5. The lowest BCUT2D eigenvalue weighted by molar-refractivity contribution is -0.0874. The van der Waals surface area contributed by atoms with Crippen molar-refractivity contribution in [2.24, 2.45) is 0 Å². The SMILES string of the molecule is FC(F)(F)C1=CCCC=C1c1cn2nc(Cl)cc(Br)c2n1. The number of fused-ring (bicyclic) bond motifs is 1. The summed E-state index contributed by atoms with van der Waals surface area (Å²) in [6.45, 7) is 0. The van der Waals surface area contributed by atoms with Gasteiger partial charge in [0.15, 0.2) is 10.8 Å². The maximum absolute atomic E-state index is 13.1. The van der Waals surface area contributed by atoms with Crippen molar-refractivity contribution in [3.63, 3.8) is 0 Å². The highest BCUT2D eigenvalue weighted by Crippen LogP contribution is 2.39. The molecule has 0 amide bonds. The molecule has 0 atom stereocenters. The minimum atomic E-state index is -4.40. The zero-order valence-electron chi connectivity index (χ0n) is 10.5. The molecule has 2 aromatic heterocycles. The van der Waals surface area contributed by atoms with Crippen LogP contribution < -0.4 is 0 Å². The molecule has 3 rings (SSSR count). The second-order valence-corrected chi connectivity index (χ2v) is 5.76. The van der Waals surface area contributed by atoms with Gasteiger partial charge in [-0.15, -0.1) is 0 Å². The summed E-state index contributed by atoms with van der Waals surface area (Å²) >= 11 is 9.10. The number of aromatic nitrogens is 3. The molecule has 0 aromatic carbocycles. The van der Waals surface area contributed by atoms with Gasteiger partial charge in [0.2, 0.25) is 0 Å². The van der Waals surface area contributed by atoms with Crippen molar-refractivity contribution in [3.05, 3.63) is 45.3 Å². The van der Waals surface area contributed by atoms with Gasteiger partial charge in [-0.1, -0.05) is 23.8 Å². The second kappa shape index (κ2) is 5.14. The molecule has 1 aliphatic carbocycles. The van der Waals surface area contributed by atoms with Gasteiger partial charge in [0, 0.05) is 5.57 Å². The van der Waals surface area contributed by atoms with Crippen molar-refractivity contribution < 1.29 is 13.2 Å². The van der Waals surface area contributed by atoms with Crippen molar-refractivity contribution >= 4 is 38.8 Å². The molecule has 8 heteroatoms. The van der Waals surface area contributed by atoms with E-state index in [0.29, 0.717) is 23.0 Å². The maximum Gasteiger partial charge on any atom is 0.416 e. The third-order valence-corrected chi connectivity index (χ3v) is 3.85. The molecule has 21 heavy (non-hydrogen) atoms. The van der Waals surface area contributed by atoms with Crippen molar-refractivity contribution in [3.8, 4) is 0 Å². The van der Waals surface area contributed by atoms with Gasteiger partial charge < -0.3 is 0 Å². The Labute approximate surface area is 131 Å². The average Bonchev–Trinajstić information content (AvgIpc) is 2.81. The minimum Gasteiger partial charge on any atom is -0.226 e.